The third-order valence-electron chi connectivity index (χ3n) is 5.37. The molecule has 2 heterocycles. The molecule has 0 aliphatic rings. The van der Waals surface area contributed by atoms with Gasteiger partial charge >= 0.3 is 0 Å². The summed E-state index contributed by atoms with van der Waals surface area (Å²) in [6, 6.07) is 15.9. The molecule has 2 aromatic carbocycles. The van der Waals surface area contributed by atoms with Crippen LogP contribution in [0.4, 0.5) is 16.5 Å². The van der Waals surface area contributed by atoms with Gasteiger partial charge in [-0.25, -0.2) is 4.98 Å². The summed E-state index contributed by atoms with van der Waals surface area (Å²) in [6.45, 7) is 5.46. The van der Waals surface area contributed by atoms with Gasteiger partial charge in [-0.1, -0.05) is 42.0 Å². The number of rotatable bonds is 6. The van der Waals surface area contributed by atoms with Gasteiger partial charge in [-0.3, -0.25) is 29.2 Å². The van der Waals surface area contributed by atoms with E-state index in [2.05, 4.69) is 0 Å². The summed E-state index contributed by atoms with van der Waals surface area (Å²) in [7, 11) is 0. The molecule has 1 amide bonds. The minimum Gasteiger partial charge on any atom is -0.299 e. The Bertz CT molecular complexity index is 1440. The second kappa shape index (κ2) is 9.40. The third kappa shape index (κ3) is 4.79. The van der Waals surface area contributed by atoms with Crippen molar-refractivity contribution in [3.05, 3.63) is 103 Å². The van der Waals surface area contributed by atoms with Crippen molar-refractivity contribution in [3.8, 4) is 11.3 Å². The van der Waals surface area contributed by atoms with Crippen LogP contribution in [0.5, 0.6) is 0 Å². The molecule has 34 heavy (non-hydrogen) atoms. The van der Waals surface area contributed by atoms with Crippen molar-refractivity contribution < 1.29 is 9.72 Å². The fourth-order valence-corrected chi connectivity index (χ4v) is 4.36. The first-order chi connectivity index (χ1) is 16.2. The van der Waals surface area contributed by atoms with Crippen molar-refractivity contribution >= 4 is 33.8 Å². The van der Waals surface area contributed by atoms with Gasteiger partial charge in [0.05, 0.1) is 22.5 Å². The van der Waals surface area contributed by atoms with Crippen molar-refractivity contribution in [3.63, 3.8) is 0 Å². The van der Waals surface area contributed by atoms with Gasteiger partial charge in [0.1, 0.15) is 6.54 Å². The molecule has 9 heteroatoms. The molecule has 0 atom stereocenters. The highest BCUT2D eigenvalue weighted by atomic mass is 32.1. The van der Waals surface area contributed by atoms with E-state index in [1.165, 1.54) is 16.2 Å². The average Bonchev–Trinajstić information content (AvgIpc) is 3.27. The molecule has 0 saturated heterocycles. The third-order valence-corrected chi connectivity index (χ3v) is 6.20. The number of hydrogen-bond acceptors (Lipinski definition) is 6. The zero-order chi connectivity index (χ0) is 24.4. The second-order valence-electron chi connectivity index (χ2n) is 8.01. The molecule has 0 spiro atoms. The molecule has 4 aromatic rings. The van der Waals surface area contributed by atoms with E-state index in [1.54, 1.807) is 0 Å². The van der Waals surface area contributed by atoms with Gasteiger partial charge in [0.2, 0.25) is 0 Å². The summed E-state index contributed by atoms with van der Waals surface area (Å²) in [5, 5.41) is 13.5. The van der Waals surface area contributed by atoms with Gasteiger partial charge in [-0.2, -0.15) is 0 Å². The van der Waals surface area contributed by atoms with E-state index in [0.717, 1.165) is 50.8 Å². The van der Waals surface area contributed by atoms with Gasteiger partial charge < -0.3 is 0 Å². The van der Waals surface area contributed by atoms with Crippen LogP contribution in [0, 0.1) is 30.9 Å². The molecule has 2 aromatic heterocycles. The molecule has 0 bridgehead atoms. The van der Waals surface area contributed by atoms with Crippen molar-refractivity contribution in [1.29, 1.82) is 0 Å². The summed E-state index contributed by atoms with van der Waals surface area (Å²) in [5.74, 6) is -0.430. The molecule has 0 saturated carbocycles. The maximum absolute atomic E-state index is 13.6. The van der Waals surface area contributed by atoms with Crippen LogP contribution >= 0.6 is 11.3 Å². The van der Waals surface area contributed by atoms with E-state index in [0.29, 0.717) is 10.8 Å². The molecular formula is C25H22N4O4S. The number of pyridine rings is 1. The SMILES string of the molecule is Cc1ccc(-c2csc(N(C(=O)Cn3cc([N+](=O)[O-])ccc3=O)c3cc(C)ccc3C)n2)cc1. The summed E-state index contributed by atoms with van der Waals surface area (Å²) < 4.78 is 1.05. The summed E-state index contributed by atoms with van der Waals surface area (Å²) in [5.41, 5.74) is 4.49. The Kier molecular flexibility index (Phi) is 6.38. The first-order valence-electron chi connectivity index (χ1n) is 10.5. The van der Waals surface area contributed by atoms with E-state index in [1.807, 2.05) is 68.6 Å². The zero-order valence-corrected chi connectivity index (χ0v) is 19.7. The maximum Gasteiger partial charge on any atom is 0.285 e. The van der Waals surface area contributed by atoms with Crippen LogP contribution in [0.15, 0.2) is 71.0 Å². The molecule has 0 aliphatic heterocycles. The van der Waals surface area contributed by atoms with E-state index in [9.17, 15) is 19.7 Å². The lowest BCUT2D eigenvalue weighted by Crippen LogP contribution is -2.33. The van der Waals surface area contributed by atoms with E-state index in [4.69, 9.17) is 4.98 Å². The van der Waals surface area contributed by atoms with E-state index in [-0.39, 0.29) is 12.2 Å². The first-order valence-corrected chi connectivity index (χ1v) is 11.4. The highest BCUT2D eigenvalue weighted by molar-refractivity contribution is 7.14. The predicted molar refractivity (Wildman–Crippen MR) is 133 cm³/mol. The highest BCUT2D eigenvalue weighted by Gasteiger charge is 2.24. The van der Waals surface area contributed by atoms with Crippen molar-refractivity contribution in [2.75, 3.05) is 4.90 Å². The average molecular weight is 475 g/mol. The zero-order valence-electron chi connectivity index (χ0n) is 18.9. The number of carbonyl (C=O) groups excluding carboxylic acids is 1. The van der Waals surface area contributed by atoms with Crippen LogP contribution in [0.3, 0.4) is 0 Å². The van der Waals surface area contributed by atoms with Crippen molar-refractivity contribution in [1.82, 2.24) is 9.55 Å². The number of nitro groups is 1. The molecule has 8 nitrogen and oxygen atoms in total. The molecular weight excluding hydrogens is 452 g/mol. The number of thiazole rings is 1. The number of aromatic nitrogens is 2. The first kappa shape index (κ1) is 23.1. The van der Waals surface area contributed by atoms with Crippen LogP contribution in [0.1, 0.15) is 16.7 Å². The molecule has 0 radical (unpaired) electrons. The van der Waals surface area contributed by atoms with Gasteiger partial charge in [0, 0.05) is 23.1 Å². The van der Waals surface area contributed by atoms with Crippen LogP contribution in [-0.2, 0) is 11.3 Å². The Labute approximate surface area is 199 Å². The van der Waals surface area contributed by atoms with E-state index >= 15 is 0 Å². The Balaban J connectivity index is 1.77. The quantitative estimate of drug-likeness (QED) is 0.284. The summed E-state index contributed by atoms with van der Waals surface area (Å²) in [4.78, 5) is 42.6. The number of anilines is 2. The van der Waals surface area contributed by atoms with Gasteiger partial charge in [0.25, 0.3) is 17.2 Å². The number of hydrogen-bond donors (Lipinski definition) is 0. The lowest BCUT2D eigenvalue weighted by molar-refractivity contribution is -0.385. The number of carbonyl (C=O) groups is 1. The number of nitrogens with zero attached hydrogens (tertiary/aromatic N) is 4. The molecule has 4 rings (SSSR count). The predicted octanol–water partition coefficient (Wildman–Crippen LogP) is 5.17. The van der Waals surface area contributed by atoms with E-state index < -0.39 is 16.4 Å². The fourth-order valence-electron chi connectivity index (χ4n) is 3.49. The van der Waals surface area contributed by atoms with Gasteiger partial charge in [0.15, 0.2) is 5.13 Å². The van der Waals surface area contributed by atoms with Crippen LogP contribution in [-0.4, -0.2) is 20.4 Å². The van der Waals surface area contributed by atoms with Crippen molar-refractivity contribution in [2.45, 2.75) is 27.3 Å². The fraction of sp³-hybridized carbons (Fsp3) is 0.160. The van der Waals surface area contributed by atoms with Gasteiger partial charge in [-0.15, -0.1) is 11.3 Å². The van der Waals surface area contributed by atoms with Crippen LogP contribution < -0.4 is 10.5 Å². The molecule has 0 N–H and O–H groups in total. The standard InChI is InChI=1S/C25H22N4O4S/c1-16-5-8-19(9-6-16)21-15-34-25(26-21)28(22-12-17(2)4-7-18(22)3)24(31)14-27-13-20(29(32)33)10-11-23(27)30/h4-13,15H,14H2,1-3H3. The number of aryl methyl sites for hydroxylation is 3. The maximum atomic E-state index is 13.6. The Morgan fingerprint density at radius 2 is 1.76 bits per heavy atom. The normalized spacial score (nSPS) is 10.8. The number of amides is 1. The molecule has 0 aliphatic carbocycles. The Hall–Kier alpha value is -4.11. The van der Waals surface area contributed by atoms with Crippen LogP contribution in [0.2, 0.25) is 0 Å². The lowest BCUT2D eigenvalue weighted by atomic mass is 10.1. The van der Waals surface area contributed by atoms with Crippen LogP contribution in [0.25, 0.3) is 11.3 Å². The monoisotopic (exact) mass is 474 g/mol. The summed E-state index contributed by atoms with van der Waals surface area (Å²) >= 11 is 1.32. The smallest absolute Gasteiger partial charge is 0.285 e. The molecule has 0 unspecified atom stereocenters. The second-order valence-corrected chi connectivity index (χ2v) is 8.85. The highest BCUT2D eigenvalue weighted by Crippen LogP contribution is 2.34. The Morgan fingerprint density at radius 3 is 2.47 bits per heavy atom. The van der Waals surface area contributed by atoms with Crippen molar-refractivity contribution in [2.24, 2.45) is 0 Å². The topological polar surface area (TPSA) is 98.3 Å². The number of benzene rings is 2. The van der Waals surface area contributed by atoms with Gasteiger partial charge in [-0.05, 0) is 38.0 Å². The Morgan fingerprint density at radius 1 is 1.06 bits per heavy atom. The minimum absolute atomic E-state index is 0.262. The summed E-state index contributed by atoms with van der Waals surface area (Å²) in [6.07, 6.45) is 1.08. The minimum atomic E-state index is -0.600. The lowest BCUT2D eigenvalue weighted by Gasteiger charge is -2.23. The molecule has 172 valence electrons. The molecule has 0 fully saturated rings. The largest absolute Gasteiger partial charge is 0.299 e.